The van der Waals surface area contributed by atoms with Crippen LogP contribution in [0.1, 0.15) is 0 Å². The van der Waals surface area contributed by atoms with E-state index in [9.17, 15) is 0 Å². The van der Waals surface area contributed by atoms with E-state index < -0.39 is 0 Å². The summed E-state index contributed by atoms with van der Waals surface area (Å²) in [5.74, 6) is 0.521. The van der Waals surface area contributed by atoms with Crippen molar-refractivity contribution < 1.29 is 4.74 Å². The predicted molar refractivity (Wildman–Crippen MR) is 127 cm³/mol. The van der Waals surface area contributed by atoms with Crippen LogP contribution >= 0.6 is 43.5 Å². The zero-order valence-electron chi connectivity index (χ0n) is 15.9. The molecule has 0 aliphatic carbocycles. The van der Waals surface area contributed by atoms with Gasteiger partial charge in [0.1, 0.15) is 5.69 Å². The lowest BCUT2D eigenvalue weighted by Crippen LogP contribution is -2.32. The number of ether oxygens (including phenoxy) is 1. The van der Waals surface area contributed by atoms with Crippen LogP contribution in [0.3, 0.4) is 0 Å². The number of aromatic nitrogens is 3. The van der Waals surface area contributed by atoms with Crippen molar-refractivity contribution in [3.8, 4) is 16.9 Å². The van der Waals surface area contributed by atoms with Gasteiger partial charge in [-0.2, -0.15) is 0 Å². The third kappa shape index (κ3) is 5.37. The molecule has 0 N–H and O–H groups in total. The highest BCUT2D eigenvalue weighted by Gasteiger charge is 2.14. The third-order valence-electron chi connectivity index (χ3n) is 4.43. The maximum Gasteiger partial charge on any atom is 0.202 e. The average Bonchev–Trinajstić information content (AvgIpc) is 3.18. The van der Waals surface area contributed by atoms with E-state index in [2.05, 4.69) is 51.9 Å². The van der Waals surface area contributed by atoms with Crippen LogP contribution in [0.4, 0.5) is 5.82 Å². The van der Waals surface area contributed by atoms with Crippen LogP contribution in [0.2, 0.25) is 5.02 Å². The Kier molecular flexibility index (Phi) is 6.99. The molecule has 0 bridgehead atoms. The van der Waals surface area contributed by atoms with E-state index in [1.54, 1.807) is 11.0 Å². The van der Waals surface area contributed by atoms with E-state index >= 15 is 0 Å². The number of hydrogen-bond acceptors (Lipinski definition) is 5. The lowest BCUT2D eigenvalue weighted by molar-refractivity contribution is 0.0594. The first-order valence-corrected chi connectivity index (χ1v) is 11.3. The summed E-state index contributed by atoms with van der Waals surface area (Å²) in [5.41, 5.74) is 2.42. The minimum Gasteiger partial charge on any atom is -0.378 e. The minimum absolute atomic E-state index is 0.521. The summed E-state index contributed by atoms with van der Waals surface area (Å²) in [6.07, 6.45) is 3.76. The van der Waals surface area contributed by atoms with Gasteiger partial charge >= 0.3 is 0 Å². The van der Waals surface area contributed by atoms with Gasteiger partial charge in [-0.15, -0.1) is 15.0 Å². The highest BCUT2D eigenvalue weighted by molar-refractivity contribution is 9.12. The summed E-state index contributed by atoms with van der Waals surface area (Å²) >= 11 is 13.1. The highest BCUT2D eigenvalue weighted by Crippen LogP contribution is 2.29. The molecule has 6 nitrogen and oxygen atoms in total. The van der Waals surface area contributed by atoms with Gasteiger partial charge in [0.25, 0.3) is 0 Å². The molecule has 9 heteroatoms. The molecule has 0 amide bonds. The number of allylic oxidation sites excluding steroid dienone is 1. The smallest absolute Gasteiger partial charge is 0.202 e. The molecule has 154 valence electrons. The van der Waals surface area contributed by atoms with Gasteiger partial charge in [0.05, 0.1) is 23.4 Å². The molecular formula is C21H18Br2ClN5O. The number of rotatable bonds is 5. The van der Waals surface area contributed by atoms with Crippen LogP contribution in [0.25, 0.3) is 16.9 Å². The fourth-order valence-electron chi connectivity index (χ4n) is 2.91. The second kappa shape index (κ2) is 9.87. The molecule has 1 aliphatic rings. The summed E-state index contributed by atoms with van der Waals surface area (Å²) in [5, 5.41) is 9.95. The summed E-state index contributed by atoms with van der Waals surface area (Å²) in [7, 11) is 0. The molecule has 3 aromatic rings. The Morgan fingerprint density at radius 2 is 1.73 bits per heavy atom. The van der Waals surface area contributed by atoms with Crippen molar-refractivity contribution in [2.75, 3.05) is 26.3 Å². The van der Waals surface area contributed by atoms with Crippen LogP contribution < -0.4 is 0 Å². The van der Waals surface area contributed by atoms with E-state index in [0.717, 1.165) is 46.5 Å². The number of benzene rings is 2. The molecule has 1 fully saturated rings. The Balaban J connectivity index is 1.66. The number of nitrogens with zero attached hydrogens (tertiary/aromatic N) is 5. The van der Waals surface area contributed by atoms with Crippen molar-refractivity contribution in [2.45, 2.75) is 0 Å². The topological polar surface area (TPSA) is 55.5 Å². The molecule has 2 heterocycles. The molecule has 1 aromatic heterocycles. The zero-order valence-corrected chi connectivity index (χ0v) is 19.8. The Morgan fingerprint density at radius 3 is 2.43 bits per heavy atom. The van der Waals surface area contributed by atoms with Crippen molar-refractivity contribution in [2.24, 2.45) is 4.99 Å². The van der Waals surface area contributed by atoms with Gasteiger partial charge in [0.15, 0.2) is 0 Å². The first kappa shape index (κ1) is 21.2. The second-order valence-electron chi connectivity index (χ2n) is 6.57. The van der Waals surface area contributed by atoms with Gasteiger partial charge < -0.3 is 9.64 Å². The molecule has 0 radical (unpaired) electrons. The van der Waals surface area contributed by atoms with Gasteiger partial charge in [0, 0.05) is 40.6 Å². The van der Waals surface area contributed by atoms with Gasteiger partial charge in [-0.25, -0.2) is 4.99 Å². The standard InChI is InChI=1S/C21H18Br2ClN5O/c22-16-3-7-19(8-4-16)29-26-20(15-1-5-18(24)6-2-15)21(27-29)25-13-17(23)14-28-9-11-30-12-10-28/h1-8,13-14H,9-12H2/b17-14-,25-13?. The molecule has 0 spiro atoms. The van der Waals surface area contributed by atoms with E-state index in [1.807, 2.05) is 54.7 Å². The monoisotopic (exact) mass is 549 g/mol. The first-order chi connectivity index (χ1) is 14.6. The summed E-state index contributed by atoms with van der Waals surface area (Å²) in [6.45, 7) is 3.18. The van der Waals surface area contributed by atoms with Crippen molar-refractivity contribution in [3.05, 3.63) is 68.7 Å². The number of halogens is 3. The molecule has 4 rings (SSSR count). The van der Waals surface area contributed by atoms with E-state index in [-0.39, 0.29) is 0 Å². The van der Waals surface area contributed by atoms with Crippen LogP contribution in [-0.4, -0.2) is 52.4 Å². The normalized spacial score (nSPS) is 15.2. The summed E-state index contributed by atoms with van der Waals surface area (Å²) < 4.78 is 7.23. The number of hydrogen-bond donors (Lipinski definition) is 0. The maximum absolute atomic E-state index is 6.05. The SMILES string of the molecule is Clc1ccc(-c2nn(-c3ccc(Br)cc3)nc2N=C/C(Br)=C/N2CCOCC2)cc1. The van der Waals surface area contributed by atoms with Crippen molar-refractivity contribution in [3.63, 3.8) is 0 Å². The molecule has 0 unspecified atom stereocenters. The van der Waals surface area contributed by atoms with Crippen LogP contribution in [0, 0.1) is 0 Å². The first-order valence-electron chi connectivity index (χ1n) is 9.31. The van der Waals surface area contributed by atoms with E-state index in [4.69, 9.17) is 16.3 Å². The van der Waals surface area contributed by atoms with Gasteiger partial charge in [0.2, 0.25) is 5.82 Å². The lowest BCUT2D eigenvalue weighted by Gasteiger charge is -2.25. The molecule has 30 heavy (non-hydrogen) atoms. The highest BCUT2D eigenvalue weighted by atomic mass is 79.9. The Morgan fingerprint density at radius 1 is 1.03 bits per heavy atom. The molecule has 0 atom stereocenters. The quantitative estimate of drug-likeness (QED) is 0.386. The van der Waals surface area contributed by atoms with E-state index in [1.165, 1.54) is 0 Å². The maximum atomic E-state index is 6.05. The van der Waals surface area contributed by atoms with Crippen molar-refractivity contribution in [1.82, 2.24) is 19.9 Å². The molecular weight excluding hydrogens is 534 g/mol. The third-order valence-corrected chi connectivity index (χ3v) is 5.62. The summed E-state index contributed by atoms with van der Waals surface area (Å²) in [6, 6.07) is 15.3. The Hall–Kier alpha value is -2.00. The van der Waals surface area contributed by atoms with Crippen LogP contribution in [0.15, 0.2) is 68.7 Å². The number of aliphatic imine (C=N–C) groups is 1. The fourth-order valence-corrected chi connectivity index (χ4v) is 3.69. The molecule has 2 aromatic carbocycles. The second-order valence-corrected chi connectivity index (χ2v) is 8.83. The average molecular weight is 552 g/mol. The van der Waals surface area contributed by atoms with Crippen molar-refractivity contribution >= 4 is 55.5 Å². The predicted octanol–water partition coefficient (Wildman–Crippen LogP) is 5.62. The van der Waals surface area contributed by atoms with Gasteiger partial charge in [-0.3, -0.25) is 0 Å². The molecule has 0 saturated carbocycles. The number of morpholine rings is 1. The van der Waals surface area contributed by atoms with E-state index in [0.29, 0.717) is 16.5 Å². The largest absolute Gasteiger partial charge is 0.378 e. The van der Waals surface area contributed by atoms with Crippen LogP contribution in [0.5, 0.6) is 0 Å². The minimum atomic E-state index is 0.521. The van der Waals surface area contributed by atoms with Gasteiger partial charge in [-0.1, -0.05) is 39.7 Å². The van der Waals surface area contributed by atoms with Gasteiger partial charge in [-0.05, 0) is 52.3 Å². The van der Waals surface area contributed by atoms with Crippen molar-refractivity contribution in [1.29, 1.82) is 0 Å². The van der Waals surface area contributed by atoms with Crippen LogP contribution in [-0.2, 0) is 4.74 Å². The molecule has 1 aliphatic heterocycles. The summed E-state index contributed by atoms with van der Waals surface area (Å²) in [4.78, 5) is 8.38. The Labute approximate surface area is 196 Å². The lowest BCUT2D eigenvalue weighted by atomic mass is 10.1. The molecule has 1 saturated heterocycles. The fraction of sp³-hybridized carbons (Fsp3) is 0.190. The Bertz CT molecular complexity index is 1060. The zero-order chi connectivity index (χ0) is 20.9.